The van der Waals surface area contributed by atoms with Crippen LogP contribution in [0, 0.1) is 6.92 Å². The first kappa shape index (κ1) is 13.7. The lowest BCUT2D eigenvalue weighted by molar-refractivity contribution is 0.411. The van der Waals surface area contributed by atoms with Crippen LogP contribution in [0.25, 0.3) is 0 Å². The van der Waals surface area contributed by atoms with E-state index in [9.17, 15) is 0 Å². The molecule has 0 aliphatic heterocycles. The summed E-state index contributed by atoms with van der Waals surface area (Å²) in [6.45, 7) is 2.04. The van der Waals surface area contributed by atoms with Crippen molar-refractivity contribution in [1.82, 2.24) is 10.4 Å². The van der Waals surface area contributed by atoms with Gasteiger partial charge in [0.1, 0.15) is 0 Å². The molecule has 1 fully saturated rings. The lowest BCUT2D eigenvalue weighted by atomic mass is 9.77. The number of thiazole rings is 1. The predicted octanol–water partition coefficient (Wildman–Crippen LogP) is 3.47. The predicted molar refractivity (Wildman–Crippen MR) is 83.7 cm³/mol. The van der Waals surface area contributed by atoms with Crippen LogP contribution in [0.15, 0.2) is 29.6 Å². The van der Waals surface area contributed by atoms with Crippen LogP contribution < -0.4 is 11.3 Å². The number of nitrogens with one attached hydrogen (secondary N) is 1. The SMILES string of the molecule is Cc1nc(CC(NN)c2ccccc2C2CCC2)cs1. The van der Waals surface area contributed by atoms with Crippen molar-refractivity contribution in [3.8, 4) is 0 Å². The van der Waals surface area contributed by atoms with Crippen molar-refractivity contribution < 1.29 is 0 Å². The van der Waals surface area contributed by atoms with E-state index in [-0.39, 0.29) is 6.04 Å². The fraction of sp³-hybridized carbons (Fsp3) is 0.438. The van der Waals surface area contributed by atoms with Gasteiger partial charge in [-0.05, 0) is 36.8 Å². The van der Waals surface area contributed by atoms with E-state index in [1.807, 2.05) is 6.92 Å². The summed E-state index contributed by atoms with van der Waals surface area (Å²) >= 11 is 1.70. The van der Waals surface area contributed by atoms with E-state index in [0.29, 0.717) is 0 Å². The van der Waals surface area contributed by atoms with Crippen LogP contribution in [0.2, 0.25) is 0 Å². The van der Waals surface area contributed by atoms with E-state index >= 15 is 0 Å². The zero-order valence-electron chi connectivity index (χ0n) is 11.8. The Labute approximate surface area is 124 Å². The summed E-state index contributed by atoms with van der Waals surface area (Å²) in [7, 11) is 0. The Kier molecular flexibility index (Phi) is 4.15. The van der Waals surface area contributed by atoms with Crippen LogP contribution in [0.5, 0.6) is 0 Å². The zero-order chi connectivity index (χ0) is 13.9. The van der Waals surface area contributed by atoms with Gasteiger partial charge >= 0.3 is 0 Å². The maximum Gasteiger partial charge on any atom is 0.0897 e. The van der Waals surface area contributed by atoms with Crippen LogP contribution in [0.1, 0.15) is 53.1 Å². The van der Waals surface area contributed by atoms with Gasteiger partial charge in [0.2, 0.25) is 0 Å². The highest BCUT2D eigenvalue weighted by atomic mass is 32.1. The minimum atomic E-state index is 0.147. The third kappa shape index (κ3) is 2.77. The molecule has 0 saturated heterocycles. The highest BCUT2D eigenvalue weighted by Crippen LogP contribution is 2.39. The molecule has 1 unspecified atom stereocenters. The summed E-state index contributed by atoms with van der Waals surface area (Å²) in [5.74, 6) is 6.54. The maximum atomic E-state index is 5.81. The molecule has 0 radical (unpaired) electrons. The summed E-state index contributed by atoms with van der Waals surface area (Å²) in [5.41, 5.74) is 6.91. The molecule has 3 N–H and O–H groups in total. The van der Waals surface area contributed by atoms with Crippen molar-refractivity contribution in [1.29, 1.82) is 0 Å². The van der Waals surface area contributed by atoms with Gasteiger partial charge in [0.05, 0.1) is 16.7 Å². The minimum Gasteiger partial charge on any atom is -0.271 e. The fourth-order valence-electron chi connectivity index (χ4n) is 2.89. The summed E-state index contributed by atoms with van der Waals surface area (Å²) in [6.07, 6.45) is 4.82. The van der Waals surface area contributed by atoms with E-state index in [1.165, 1.54) is 30.4 Å². The first-order chi connectivity index (χ1) is 9.78. The number of benzene rings is 1. The van der Waals surface area contributed by atoms with Gasteiger partial charge in [-0.25, -0.2) is 4.98 Å². The Morgan fingerprint density at radius 1 is 1.40 bits per heavy atom. The lowest BCUT2D eigenvalue weighted by Gasteiger charge is -2.30. The van der Waals surface area contributed by atoms with Crippen LogP contribution in [0.3, 0.4) is 0 Å². The van der Waals surface area contributed by atoms with Crippen LogP contribution in [-0.2, 0) is 6.42 Å². The number of hydrazine groups is 1. The summed E-state index contributed by atoms with van der Waals surface area (Å²) in [6, 6.07) is 8.85. The average Bonchev–Trinajstić information content (AvgIpc) is 2.80. The van der Waals surface area contributed by atoms with Crippen molar-refractivity contribution in [3.05, 3.63) is 51.5 Å². The molecular weight excluding hydrogens is 266 g/mol. The summed E-state index contributed by atoms with van der Waals surface area (Å²) in [4.78, 5) is 4.56. The highest BCUT2D eigenvalue weighted by molar-refractivity contribution is 7.09. The number of nitrogens with two attached hydrogens (primary N) is 1. The van der Waals surface area contributed by atoms with Gasteiger partial charge in [-0.3, -0.25) is 11.3 Å². The largest absolute Gasteiger partial charge is 0.271 e. The van der Waals surface area contributed by atoms with Crippen LogP contribution in [-0.4, -0.2) is 4.98 Å². The van der Waals surface area contributed by atoms with Gasteiger partial charge in [0.25, 0.3) is 0 Å². The molecule has 1 heterocycles. The van der Waals surface area contributed by atoms with Crippen molar-refractivity contribution in [2.75, 3.05) is 0 Å². The van der Waals surface area contributed by atoms with E-state index in [2.05, 4.69) is 40.1 Å². The molecule has 1 saturated carbocycles. The van der Waals surface area contributed by atoms with Gasteiger partial charge in [-0.1, -0.05) is 30.7 Å². The number of aromatic nitrogens is 1. The third-order valence-electron chi connectivity index (χ3n) is 4.20. The van der Waals surface area contributed by atoms with Crippen molar-refractivity contribution in [2.45, 2.75) is 44.6 Å². The molecule has 1 aromatic carbocycles. The van der Waals surface area contributed by atoms with Gasteiger partial charge in [-0.15, -0.1) is 11.3 Å². The summed E-state index contributed by atoms with van der Waals surface area (Å²) < 4.78 is 0. The Morgan fingerprint density at radius 2 is 2.20 bits per heavy atom. The average molecular weight is 287 g/mol. The first-order valence-corrected chi connectivity index (χ1v) is 8.12. The molecule has 4 heteroatoms. The quantitative estimate of drug-likeness (QED) is 0.654. The molecule has 106 valence electrons. The molecule has 0 bridgehead atoms. The fourth-order valence-corrected chi connectivity index (χ4v) is 3.51. The van der Waals surface area contributed by atoms with Gasteiger partial charge in [0.15, 0.2) is 0 Å². The van der Waals surface area contributed by atoms with E-state index in [1.54, 1.807) is 11.3 Å². The van der Waals surface area contributed by atoms with Crippen LogP contribution >= 0.6 is 11.3 Å². The normalized spacial score (nSPS) is 16.9. The molecule has 1 atom stereocenters. The molecular formula is C16H21N3S. The lowest BCUT2D eigenvalue weighted by Crippen LogP contribution is -2.31. The molecule has 1 aliphatic carbocycles. The zero-order valence-corrected chi connectivity index (χ0v) is 12.6. The molecule has 0 spiro atoms. The number of aryl methyl sites for hydroxylation is 1. The second kappa shape index (κ2) is 6.04. The highest BCUT2D eigenvalue weighted by Gasteiger charge is 2.24. The molecule has 3 nitrogen and oxygen atoms in total. The molecule has 0 amide bonds. The van der Waals surface area contributed by atoms with Crippen LogP contribution in [0.4, 0.5) is 0 Å². The molecule has 3 rings (SSSR count). The van der Waals surface area contributed by atoms with Gasteiger partial charge in [0, 0.05) is 11.8 Å². The number of nitrogens with zero attached hydrogens (tertiary/aromatic N) is 1. The Hall–Kier alpha value is -1.23. The van der Waals surface area contributed by atoms with Gasteiger partial charge in [-0.2, -0.15) is 0 Å². The monoisotopic (exact) mass is 287 g/mol. The van der Waals surface area contributed by atoms with E-state index < -0.39 is 0 Å². The number of hydrogen-bond donors (Lipinski definition) is 2. The second-order valence-corrected chi connectivity index (χ2v) is 6.60. The smallest absolute Gasteiger partial charge is 0.0897 e. The Morgan fingerprint density at radius 3 is 2.80 bits per heavy atom. The maximum absolute atomic E-state index is 5.81. The van der Waals surface area contributed by atoms with E-state index in [0.717, 1.165) is 23.0 Å². The minimum absolute atomic E-state index is 0.147. The number of hydrogen-bond acceptors (Lipinski definition) is 4. The van der Waals surface area contributed by atoms with Crippen molar-refractivity contribution in [2.24, 2.45) is 5.84 Å². The summed E-state index contributed by atoms with van der Waals surface area (Å²) in [5, 5.41) is 3.24. The topological polar surface area (TPSA) is 50.9 Å². The van der Waals surface area contributed by atoms with Crippen molar-refractivity contribution in [3.63, 3.8) is 0 Å². The standard InChI is InChI=1S/C16H21N3S/c1-11-18-13(10-20-11)9-16(19-17)15-8-3-2-7-14(15)12-5-4-6-12/h2-3,7-8,10,12,16,19H,4-6,9,17H2,1H3. The van der Waals surface area contributed by atoms with Crippen molar-refractivity contribution >= 4 is 11.3 Å². The molecule has 2 aromatic rings. The molecule has 1 aromatic heterocycles. The molecule has 1 aliphatic rings. The molecule has 20 heavy (non-hydrogen) atoms. The van der Waals surface area contributed by atoms with Gasteiger partial charge < -0.3 is 0 Å². The Bertz CT molecular complexity index is 575. The second-order valence-electron chi connectivity index (χ2n) is 5.54. The third-order valence-corrected chi connectivity index (χ3v) is 5.02. The first-order valence-electron chi connectivity index (χ1n) is 7.24. The number of rotatable bonds is 5. The Balaban J connectivity index is 1.85. The van der Waals surface area contributed by atoms with E-state index in [4.69, 9.17) is 5.84 Å².